The SMILES string of the molecule is CC1(C)CN2C(CSN3C[C@H]4CCCC[C@@H]4C3)=CSC2=N1. The number of fused-ring (bicyclic) bond motifs is 2. The predicted octanol–water partition coefficient (Wildman–Crippen LogP) is 3.80. The summed E-state index contributed by atoms with van der Waals surface area (Å²) in [4.78, 5) is 7.23. The van der Waals surface area contributed by atoms with Crippen molar-refractivity contribution in [1.29, 1.82) is 0 Å². The number of aliphatic imine (C=N–C) groups is 1. The third-order valence-electron chi connectivity index (χ3n) is 5.16. The monoisotopic (exact) mass is 323 g/mol. The molecule has 0 radical (unpaired) electrons. The van der Waals surface area contributed by atoms with Gasteiger partial charge in [-0.3, -0.25) is 4.99 Å². The fourth-order valence-corrected chi connectivity index (χ4v) is 6.36. The van der Waals surface area contributed by atoms with Crippen LogP contribution >= 0.6 is 23.7 Å². The molecule has 1 aliphatic carbocycles. The zero-order chi connectivity index (χ0) is 14.4. The van der Waals surface area contributed by atoms with E-state index in [4.69, 9.17) is 4.99 Å². The van der Waals surface area contributed by atoms with Crippen molar-refractivity contribution >= 4 is 28.9 Å². The molecular weight excluding hydrogens is 298 g/mol. The molecule has 0 bridgehead atoms. The number of thioether (sulfide) groups is 1. The van der Waals surface area contributed by atoms with Crippen molar-refractivity contribution in [3.05, 3.63) is 11.1 Å². The lowest BCUT2D eigenvalue weighted by Gasteiger charge is -2.22. The average Bonchev–Trinajstić information content (AvgIpc) is 3.07. The summed E-state index contributed by atoms with van der Waals surface area (Å²) in [7, 11) is 0. The lowest BCUT2D eigenvalue weighted by Crippen LogP contribution is -2.30. The molecule has 3 nitrogen and oxygen atoms in total. The van der Waals surface area contributed by atoms with Crippen LogP contribution in [0.1, 0.15) is 39.5 Å². The van der Waals surface area contributed by atoms with Gasteiger partial charge in [-0.2, -0.15) is 0 Å². The van der Waals surface area contributed by atoms with E-state index >= 15 is 0 Å². The molecule has 116 valence electrons. The summed E-state index contributed by atoms with van der Waals surface area (Å²) >= 11 is 3.86. The highest BCUT2D eigenvalue weighted by Gasteiger charge is 2.38. The summed E-state index contributed by atoms with van der Waals surface area (Å²) in [6.45, 7) is 8.15. The van der Waals surface area contributed by atoms with Crippen molar-refractivity contribution in [2.75, 3.05) is 25.4 Å². The van der Waals surface area contributed by atoms with Gasteiger partial charge in [0.2, 0.25) is 0 Å². The van der Waals surface area contributed by atoms with Gasteiger partial charge in [-0.1, -0.05) is 36.6 Å². The summed E-state index contributed by atoms with van der Waals surface area (Å²) < 4.78 is 2.64. The van der Waals surface area contributed by atoms with Gasteiger partial charge in [0.1, 0.15) is 0 Å². The second kappa shape index (κ2) is 5.50. The first kappa shape index (κ1) is 14.5. The van der Waals surface area contributed by atoms with Gasteiger partial charge in [-0.05, 0) is 43.9 Å². The zero-order valence-electron chi connectivity index (χ0n) is 13.0. The largest absolute Gasteiger partial charge is 0.321 e. The molecule has 21 heavy (non-hydrogen) atoms. The van der Waals surface area contributed by atoms with Crippen LogP contribution in [0.15, 0.2) is 16.1 Å². The molecule has 1 saturated carbocycles. The molecule has 4 rings (SSSR count). The molecule has 0 N–H and O–H groups in total. The first-order chi connectivity index (χ1) is 10.1. The van der Waals surface area contributed by atoms with Gasteiger partial charge < -0.3 is 4.90 Å². The van der Waals surface area contributed by atoms with Crippen LogP contribution in [-0.2, 0) is 0 Å². The lowest BCUT2D eigenvalue weighted by molar-refractivity contribution is 0.299. The van der Waals surface area contributed by atoms with Crippen molar-refractivity contribution in [1.82, 2.24) is 9.21 Å². The maximum Gasteiger partial charge on any atom is 0.168 e. The van der Waals surface area contributed by atoms with Crippen LogP contribution in [0.5, 0.6) is 0 Å². The highest BCUT2D eigenvalue weighted by Crippen LogP contribution is 2.41. The molecule has 0 aromatic rings. The van der Waals surface area contributed by atoms with Gasteiger partial charge in [-0.25, -0.2) is 4.31 Å². The van der Waals surface area contributed by atoms with Crippen molar-refractivity contribution in [2.24, 2.45) is 16.8 Å². The van der Waals surface area contributed by atoms with Crippen LogP contribution in [0.4, 0.5) is 0 Å². The van der Waals surface area contributed by atoms with E-state index in [0.29, 0.717) is 0 Å². The van der Waals surface area contributed by atoms with Crippen LogP contribution in [0.25, 0.3) is 0 Å². The van der Waals surface area contributed by atoms with E-state index in [2.05, 4.69) is 40.4 Å². The van der Waals surface area contributed by atoms with Gasteiger partial charge in [0.15, 0.2) is 5.17 Å². The number of hydrogen-bond acceptors (Lipinski definition) is 5. The number of hydrogen-bond donors (Lipinski definition) is 0. The second-order valence-corrected chi connectivity index (χ2v) is 9.34. The predicted molar refractivity (Wildman–Crippen MR) is 93.4 cm³/mol. The Hall–Kier alpha value is -0.130. The molecular formula is C16H25N3S2. The Kier molecular flexibility index (Phi) is 3.79. The molecule has 2 atom stereocenters. The molecule has 0 spiro atoms. The van der Waals surface area contributed by atoms with Gasteiger partial charge in [0, 0.05) is 31.1 Å². The van der Waals surface area contributed by atoms with E-state index in [9.17, 15) is 0 Å². The Labute approximate surface area is 136 Å². The molecule has 0 unspecified atom stereocenters. The molecule has 2 fully saturated rings. The quantitative estimate of drug-likeness (QED) is 0.735. The molecule has 3 heterocycles. The molecule has 5 heteroatoms. The molecule has 1 saturated heterocycles. The zero-order valence-corrected chi connectivity index (χ0v) is 14.7. The minimum absolute atomic E-state index is 0.0924. The highest BCUT2D eigenvalue weighted by atomic mass is 32.2. The van der Waals surface area contributed by atoms with Crippen molar-refractivity contribution in [3.63, 3.8) is 0 Å². The van der Waals surface area contributed by atoms with Crippen LogP contribution < -0.4 is 0 Å². The fraction of sp³-hybridized carbons (Fsp3) is 0.812. The Morgan fingerprint density at radius 2 is 2.00 bits per heavy atom. The van der Waals surface area contributed by atoms with E-state index in [-0.39, 0.29) is 5.54 Å². The smallest absolute Gasteiger partial charge is 0.168 e. The Bertz CT molecular complexity index is 472. The average molecular weight is 324 g/mol. The maximum atomic E-state index is 4.80. The normalized spacial score (nSPS) is 34.7. The van der Waals surface area contributed by atoms with E-state index < -0.39 is 0 Å². The first-order valence-electron chi connectivity index (χ1n) is 8.22. The van der Waals surface area contributed by atoms with Crippen LogP contribution in [0.2, 0.25) is 0 Å². The van der Waals surface area contributed by atoms with Crippen LogP contribution in [0, 0.1) is 11.8 Å². The Balaban J connectivity index is 1.31. The minimum Gasteiger partial charge on any atom is -0.321 e. The van der Waals surface area contributed by atoms with E-state index in [1.54, 1.807) is 0 Å². The lowest BCUT2D eigenvalue weighted by atomic mass is 9.82. The van der Waals surface area contributed by atoms with Crippen molar-refractivity contribution in [2.45, 2.75) is 45.1 Å². The molecule has 0 aromatic carbocycles. The fourth-order valence-electron chi connectivity index (χ4n) is 4.05. The maximum absolute atomic E-state index is 4.80. The number of amidine groups is 1. The topological polar surface area (TPSA) is 18.8 Å². The van der Waals surface area contributed by atoms with E-state index in [0.717, 1.165) is 24.1 Å². The summed E-state index contributed by atoms with van der Waals surface area (Å²) in [5.74, 6) is 3.09. The summed E-state index contributed by atoms with van der Waals surface area (Å²) in [6.07, 6.45) is 5.86. The van der Waals surface area contributed by atoms with Gasteiger partial charge in [-0.15, -0.1) is 0 Å². The van der Waals surface area contributed by atoms with Crippen molar-refractivity contribution < 1.29 is 0 Å². The summed E-state index contributed by atoms with van der Waals surface area (Å²) in [6, 6.07) is 0. The Morgan fingerprint density at radius 3 is 2.71 bits per heavy atom. The molecule has 4 aliphatic rings. The summed E-state index contributed by atoms with van der Waals surface area (Å²) in [5.41, 5.74) is 1.55. The van der Waals surface area contributed by atoms with Gasteiger partial charge in [0.05, 0.1) is 5.54 Å². The standard InChI is InChI=1S/C16H25N3S2/c1-16(2)11-19-14(9-20-15(19)17-16)10-21-18-7-12-5-3-4-6-13(12)8-18/h9,12-13H,3-8,10-11H2,1-2H3/t12-,13-/m1/s1. The van der Waals surface area contributed by atoms with Gasteiger partial charge >= 0.3 is 0 Å². The number of nitrogens with zero attached hydrogens (tertiary/aromatic N) is 3. The summed E-state index contributed by atoms with van der Waals surface area (Å²) in [5, 5.41) is 3.52. The van der Waals surface area contributed by atoms with E-state index in [1.165, 1.54) is 49.6 Å². The third-order valence-corrected chi connectivity index (χ3v) is 7.16. The van der Waals surface area contributed by atoms with Crippen LogP contribution in [0.3, 0.4) is 0 Å². The van der Waals surface area contributed by atoms with Crippen molar-refractivity contribution in [3.8, 4) is 0 Å². The van der Waals surface area contributed by atoms with Crippen LogP contribution in [-0.4, -0.2) is 45.3 Å². The molecule has 0 amide bonds. The third kappa shape index (κ3) is 2.89. The second-order valence-electron chi connectivity index (χ2n) is 7.45. The number of rotatable bonds is 3. The van der Waals surface area contributed by atoms with E-state index in [1.807, 2.05) is 11.8 Å². The molecule has 0 aromatic heterocycles. The Morgan fingerprint density at radius 1 is 1.29 bits per heavy atom. The van der Waals surface area contributed by atoms with Gasteiger partial charge in [0.25, 0.3) is 0 Å². The highest BCUT2D eigenvalue weighted by molar-refractivity contribution is 8.16. The first-order valence-corrected chi connectivity index (χ1v) is 10.0. The minimum atomic E-state index is 0.0924. The molecule has 3 aliphatic heterocycles.